The van der Waals surface area contributed by atoms with Crippen LogP contribution in [0.2, 0.25) is 5.02 Å². The van der Waals surface area contributed by atoms with Gasteiger partial charge in [-0.15, -0.1) is 0 Å². The molecule has 1 aromatic rings. The second-order valence-electron chi connectivity index (χ2n) is 4.77. The summed E-state index contributed by atoms with van der Waals surface area (Å²) in [6.07, 6.45) is 1.07. The predicted molar refractivity (Wildman–Crippen MR) is 72.4 cm³/mol. The third-order valence-electron chi connectivity index (χ3n) is 3.24. The van der Waals surface area contributed by atoms with E-state index < -0.39 is 4.92 Å². The van der Waals surface area contributed by atoms with E-state index >= 15 is 0 Å². The summed E-state index contributed by atoms with van der Waals surface area (Å²) in [6, 6.07) is 3.54. The van der Waals surface area contributed by atoms with E-state index in [-0.39, 0.29) is 10.7 Å². The Morgan fingerprint density at radius 2 is 2.28 bits per heavy atom. The topological polar surface area (TPSA) is 58.4 Å². The molecule has 0 aromatic heterocycles. The highest BCUT2D eigenvalue weighted by Gasteiger charge is 2.21. The molecule has 0 bridgehead atoms. The third-order valence-corrected chi connectivity index (χ3v) is 3.54. The Morgan fingerprint density at radius 1 is 1.56 bits per heavy atom. The van der Waals surface area contributed by atoms with E-state index in [2.05, 4.69) is 17.3 Å². The number of likely N-dealkylation sites (N-methyl/N-ethyl adjacent to an activating group) is 1. The van der Waals surface area contributed by atoms with Crippen LogP contribution in [0.5, 0.6) is 0 Å². The van der Waals surface area contributed by atoms with E-state index in [0.717, 1.165) is 30.8 Å². The molecule has 1 fully saturated rings. The summed E-state index contributed by atoms with van der Waals surface area (Å²) in [6.45, 7) is 3.90. The molecule has 1 N–H and O–H groups in total. The van der Waals surface area contributed by atoms with Crippen molar-refractivity contribution in [2.45, 2.75) is 19.4 Å². The lowest BCUT2D eigenvalue weighted by Gasteiger charge is -2.16. The molecule has 2 rings (SSSR count). The maximum atomic E-state index is 10.8. The summed E-state index contributed by atoms with van der Waals surface area (Å²) in [5.74, 6) is 0. The largest absolute Gasteiger partial charge is 0.381 e. The Bertz CT molecular complexity index is 479. The van der Waals surface area contributed by atoms with Crippen molar-refractivity contribution < 1.29 is 4.92 Å². The Morgan fingerprint density at radius 3 is 2.83 bits per heavy atom. The lowest BCUT2D eigenvalue weighted by molar-refractivity contribution is -0.384. The standard InChI is InChI=1S/C12H16ClN3O2/c1-8-5-12(16(17)18)10(13)6-11(8)14-9-3-4-15(2)7-9/h5-6,9,14H,3-4,7H2,1-2H3. The van der Waals surface area contributed by atoms with Crippen LogP contribution in [-0.4, -0.2) is 36.0 Å². The van der Waals surface area contributed by atoms with Crippen molar-refractivity contribution in [2.24, 2.45) is 0 Å². The van der Waals surface area contributed by atoms with E-state index in [9.17, 15) is 10.1 Å². The number of hydrogen-bond donors (Lipinski definition) is 1. The molecule has 0 aliphatic carbocycles. The van der Waals surface area contributed by atoms with Crippen molar-refractivity contribution >= 4 is 23.0 Å². The molecular weight excluding hydrogens is 254 g/mol. The minimum atomic E-state index is -0.456. The third kappa shape index (κ3) is 2.73. The highest BCUT2D eigenvalue weighted by molar-refractivity contribution is 6.33. The van der Waals surface area contributed by atoms with Gasteiger partial charge in [-0.1, -0.05) is 11.6 Å². The van der Waals surface area contributed by atoms with Gasteiger partial charge in [0, 0.05) is 24.3 Å². The zero-order valence-corrected chi connectivity index (χ0v) is 11.2. The molecule has 6 heteroatoms. The molecule has 0 amide bonds. The summed E-state index contributed by atoms with van der Waals surface area (Å²) >= 11 is 5.92. The van der Waals surface area contributed by atoms with Gasteiger partial charge in [-0.25, -0.2) is 0 Å². The summed E-state index contributed by atoms with van der Waals surface area (Å²) in [7, 11) is 2.08. The van der Waals surface area contributed by atoms with Crippen LogP contribution in [0.1, 0.15) is 12.0 Å². The maximum Gasteiger partial charge on any atom is 0.288 e. The van der Waals surface area contributed by atoms with Gasteiger partial charge in [0.15, 0.2) is 0 Å². The van der Waals surface area contributed by atoms with Crippen LogP contribution in [0.4, 0.5) is 11.4 Å². The van der Waals surface area contributed by atoms with E-state index in [0.29, 0.717) is 6.04 Å². The van der Waals surface area contributed by atoms with Crippen LogP contribution < -0.4 is 5.32 Å². The van der Waals surface area contributed by atoms with E-state index in [4.69, 9.17) is 11.6 Å². The smallest absolute Gasteiger partial charge is 0.288 e. The first kappa shape index (κ1) is 13.1. The molecule has 0 radical (unpaired) electrons. The number of hydrogen-bond acceptors (Lipinski definition) is 4. The van der Waals surface area contributed by atoms with Crippen LogP contribution >= 0.6 is 11.6 Å². The lowest BCUT2D eigenvalue weighted by atomic mass is 10.1. The summed E-state index contributed by atoms with van der Waals surface area (Å²) < 4.78 is 0. The van der Waals surface area contributed by atoms with Crippen molar-refractivity contribution in [3.63, 3.8) is 0 Å². The summed E-state index contributed by atoms with van der Waals surface area (Å²) in [5, 5.41) is 14.3. The quantitative estimate of drug-likeness (QED) is 0.677. The highest BCUT2D eigenvalue weighted by Crippen LogP contribution is 2.31. The fourth-order valence-corrected chi connectivity index (χ4v) is 2.47. The minimum absolute atomic E-state index is 0.0387. The molecule has 5 nitrogen and oxygen atoms in total. The molecule has 1 saturated heterocycles. The molecule has 18 heavy (non-hydrogen) atoms. The zero-order chi connectivity index (χ0) is 13.3. The maximum absolute atomic E-state index is 10.8. The number of rotatable bonds is 3. The molecule has 0 saturated carbocycles. The molecule has 1 unspecified atom stereocenters. The van der Waals surface area contributed by atoms with Gasteiger partial charge in [0.2, 0.25) is 0 Å². The number of aryl methyl sites for hydroxylation is 1. The van der Waals surface area contributed by atoms with Gasteiger partial charge in [-0.3, -0.25) is 10.1 Å². The lowest BCUT2D eigenvalue weighted by Crippen LogP contribution is -2.23. The van der Waals surface area contributed by atoms with E-state index in [1.165, 1.54) is 6.07 Å². The Balaban J connectivity index is 2.19. The molecule has 1 atom stereocenters. The number of nitro groups is 1. The normalized spacial score (nSPS) is 20.1. The van der Waals surface area contributed by atoms with Crippen molar-refractivity contribution in [2.75, 3.05) is 25.5 Å². The first-order chi connectivity index (χ1) is 8.47. The van der Waals surface area contributed by atoms with E-state index in [1.54, 1.807) is 6.07 Å². The average Bonchev–Trinajstić information content (AvgIpc) is 2.68. The number of halogens is 1. The average molecular weight is 270 g/mol. The van der Waals surface area contributed by atoms with Gasteiger partial charge < -0.3 is 10.2 Å². The first-order valence-electron chi connectivity index (χ1n) is 5.87. The molecular formula is C12H16ClN3O2. The molecule has 1 aliphatic rings. The van der Waals surface area contributed by atoms with Gasteiger partial charge >= 0.3 is 0 Å². The zero-order valence-electron chi connectivity index (χ0n) is 10.4. The van der Waals surface area contributed by atoms with Crippen molar-refractivity contribution in [1.29, 1.82) is 0 Å². The predicted octanol–water partition coefficient (Wildman–Crippen LogP) is 2.67. The molecule has 98 valence electrons. The van der Waals surface area contributed by atoms with Crippen LogP contribution in [0, 0.1) is 17.0 Å². The number of nitrogens with zero attached hydrogens (tertiary/aromatic N) is 2. The van der Waals surface area contributed by atoms with Crippen molar-refractivity contribution in [3.8, 4) is 0 Å². The Labute approximate surface area is 111 Å². The number of nitro benzene ring substituents is 1. The number of likely N-dealkylation sites (tertiary alicyclic amines) is 1. The first-order valence-corrected chi connectivity index (χ1v) is 6.25. The van der Waals surface area contributed by atoms with Gasteiger partial charge in [-0.05, 0) is 38.6 Å². The number of benzene rings is 1. The number of anilines is 1. The summed E-state index contributed by atoms with van der Waals surface area (Å²) in [5.41, 5.74) is 1.69. The fraction of sp³-hybridized carbons (Fsp3) is 0.500. The van der Waals surface area contributed by atoms with Crippen molar-refractivity contribution in [1.82, 2.24) is 4.90 Å². The second kappa shape index (κ2) is 5.12. The summed E-state index contributed by atoms with van der Waals surface area (Å²) in [4.78, 5) is 12.6. The monoisotopic (exact) mass is 269 g/mol. The second-order valence-corrected chi connectivity index (χ2v) is 5.18. The SMILES string of the molecule is Cc1cc([N+](=O)[O-])c(Cl)cc1NC1CCN(C)C1. The van der Waals surface area contributed by atoms with Gasteiger partial charge in [0.25, 0.3) is 5.69 Å². The van der Waals surface area contributed by atoms with Crippen LogP contribution in [0.25, 0.3) is 0 Å². The van der Waals surface area contributed by atoms with Crippen LogP contribution in [0.15, 0.2) is 12.1 Å². The van der Waals surface area contributed by atoms with Gasteiger partial charge in [0.1, 0.15) is 5.02 Å². The highest BCUT2D eigenvalue weighted by atomic mass is 35.5. The molecule has 1 aromatic carbocycles. The Kier molecular flexibility index (Phi) is 3.73. The van der Waals surface area contributed by atoms with Crippen molar-refractivity contribution in [3.05, 3.63) is 32.8 Å². The van der Waals surface area contributed by atoms with Crippen LogP contribution in [-0.2, 0) is 0 Å². The van der Waals surface area contributed by atoms with Crippen LogP contribution in [0.3, 0.4) is 0 Å². The van der Waals surface area contributed by atoms with E-state index in [1.807, 2.05) is 6.92 Å². The minimum Gasteiger partial charge on any atom is -0.381 e. The molecule has 1 aliphatic heterocycles. The van der Waals surface area contributed by atoms with Gasteiger partial charge in [-0.2, -0.15) is 0 Å². The Hall–Kier alpha value is -1.33. The van der Waals surface area contributed by atoms with Gasteiger partial charge in [0.05, 0.1) is 4.92 Å². The molecule has 1 heterocycles. The molecule has 0 spiro atoms. The fourth-order valence-electron chi connectivity index (χ4n) is 2.23. The number of nitrogens with one attached hydrogen (secondary N) is 1.